The van der Waals surface area contributed by atoms with E-state index in [2.05, 4.69) is 0 Å². The number of hydrogen-bond acceptors (Lipinski definition) is 1. The van der Waals surface area contributed by atoms with Gasteiger partial charge in [-0.1, -0.05) is 12.1 Å². The molecule has 2 aromatic rings. The summed E-state index contributed by atoms with van der Waals surface area (Å²) in [6.07, 6.45) is 0.442. The van der Waals surface area contributed by atoms with Gasteiger partial charge in [0, 0.05) is 5.56 Å². The van der Waals surface area contributed by atoms with E-state index in [0.29, 0.717) is 17.4 Å². The van der Waals surface area contributed by atoms with E-state index < -0.39 is 5.82 Å². The minimum Gasteiger partial charge on any atom is -0.298 e. The first-order valence-electron chi connectivity index (χ1n) is 5.55. The second-order valence-corrected chi connectivity index (χ2v) is 4.29. The third-order valence-corrected chi connectivity index (χ3v) is 2.85. The fourth-order valence-electron chi connectivity index (χ4n) is 2.06. The van der Waals surface area contributed by atoms with Crippen molar-refractivity contribution in [3.8, 4) is 11.1 Å². The Morgan fingerprint density at radius 1 is 1.00 bits per heavy atom. The smallest absolute Gasteiger partial charge is 0.152 e. The summed E-state index contributed by atoms with van der Waals surface area (Å²) in [6.45, 7) is 3.58. The predicted octanol–water partition coefficient (Wildman–Crippen LogP) is 4.06. The zero-order valence-corrected chi connectivity index (χ0v) is 10.1. The zero-order valence-electron chi connectivity index (χ0n) is 10.1. The van der Waals surface area contributed by atoms with Crippen LogP contribution in [0.5, 0.6) is 0 Å². The lowest BCUT2D eigenvalue weighted by Gasteiger charge is -2.09. The van der Waals surface area contributed by atoms with Crippen molar-refractivity contribution in [2.24, 2.45) is 0 Å². The van der Waals surface area contributed by atoms with Gasteiger partial charge in [-0.3, -0.25) is 4.79 Å². The van der Waals surface area contributed by atoms with Crippen molar-refractivity contribution < 1.29 is 13.6 Å². The molecule has 0 atom stereocenters. The van der Waals surface area contributed by atoms with Gasteiger partial charge in [-0.05, 0) is 48.7 Å². The van der Waals surface area contributed by atoms with E-state index in [1.165, 1.54) is 18.2 Å². The summed E-state index contributed by atoms with van der Waals surface area (Å²) in [5.41, 5.74) is 2.35. The molecule has 0 radical (unpaired) electrons. The Hall–Kier alpha value is -2.03. The molecule has 0 bridgehead atoms. The lowest BCUT2D eigenvalue weighted by molar-refractivity contribution is 0.112. The van der Waals surface area contributed by atoms with Gasteiger partial charge in [0.2, 0.25) is 0 Å². The van der Waals surface area contributed by atoms with Gasteiger partial charge in [0.25, 0.3) is 0 Å². The number of rotatable bonds is 2. The molecular weight excluding hydrogens is 234 g/mol. The average Bonchev–Trinajstić information content (AvgIpc) is 2.27. The van der Waals surface area contributed by atoms with Crippen LogP contribution in [0.2, 0.25) is 0 Å². The Labute approximate surface area is 104 Å². The Morgan fingerprint density at radius 3 is 2.28 bits per heavy atom. The lowest BCUT2D eigenvalue weighted by Crippen LogP contribution is -1.94. The SMILES string of the molecule is Cc1cc(C)c(-c2ccc(C=O)c(F)c2)c(F)c1. The number of carbonyl (C=O) groups is 1. The van der Waals surface area contributed by atoms with Crippen molar-refractivity contribution in [1.82, 2.24) is 0 Å². The van der Waals surface area contributed by atoms with Crippen molar-refractivity contribution >= 4 is 6.29 Å². The molecule has 92 valence electrons. The number of hydrogen-bond donors (Lipinski definition) is 0. The average molecular weight is 246 g/mol. The van der Waals surface area contributed by atoms with E-state index in [1.54, 1.807) is 19.9 Å². The zero-order chi connectivity index (χ0) is 13.3. The van der Waals surface area contributed by atoms with Crippen molar-refractivity contribution in [3.05, 3.63) is 58.7 Å². The Balaban J connectivity index is 2.62. The maximum Gasteiger partial charge on any atom is 0.152 e. The summed E-state index contributed by atoms with van der Waals surface area (Å²) in [6, 6.07) is 7.34. The van der Waals surface area contributed by atoms with Gasteiger partial charge >= 0.3 is 0 Å². The van der Waals surface area contributed by atoms with Crippen LogP contribution in [0.3, 0.4) is 0 Å². The highest BCUT2D eigenvalue weighted by Crippen LogP contribution is 2.28. The molecule has 0 N–H and O–H groups in total. The van der Waals surface area contributed by atoms with E-state index in [-0.39, 0.29) is 11.4 Å². The molecule has 3 heteroatoms. The van der Waals surface area contributed by atoms with Crippen molar-refractivity contribution in [1.29, 1.82) is 0 Å². The minimum atomic E-state index is -0.637. The highest BCUT2D eigenvalue weighted by atomic mass is 19.1. The Morgan fingerprint density at radius 2 is 1.72 bits per heavy atom. The van der Waals surface area contributed by atoms with Crippen LogP contribution in [0.1, 0.15) is 21.5 Å². The first kappa shape index (κ1) is 12.4. The minimum absolute atomic E-state index is 0.0241. The highest BCUT2D eigenvalue weighted by Gasteiger charge is 2.11. The third kappa shape index (κ3) is 2.16. The summed E-state index contributed by atoms with van der Waals surface area (Å²) in [5, 5.41) is 0. The van der Waals surface area contributed by atoms with Crippen molar-refractivity contribution in [3.63, 3.8) is 0 Å². The molecule has 0 saturated heterocycles. The van der Waals surface area contributed by atoms with E-state index >= 15 is 0 Å². The number of carbonyl (C=O) groups excluding carboxylic acids is 1. The fourth-order valence-corrected chi connectivity index (χ4v) is 2.06. The summed E-state index contributed by atoms with van der Waals surface area (Å²) < 4.78 is 27.4. The molecule has 0 aliphatic carbocycles. The van der Waals surface area contributed by atoms with Crippen molar-refractivity contribution in [2.45, 2.75) is 13.8 Å². The standard InChI is InChI=1S/C15H12F2O/c1-9-5-10(2)15(14(17)6-9)11-3-4-12(8-18)13(16)7-11/h3-8H,1-2H3. The van der Waals surface area contributed by atoms with Gasteiger partial charge in [0.05, 0.1) is 5.56 Å². The maximum absolute atomic E-state index is 13.9. The van der Waals surface area contributed by atoms with Crippen LogP contribution >= 0.6 is 0 Å². The highest BCUT2D eigenvalue weighted by molar-refractivity contribution is 5.78. The summed E-state index contributed by atoms with van der Waals surface area (Å²) in [5.74, 6) is -1.02. The van der Waals surface area contributed by atoms with Gasteiger partial charge in [-0.25, -0.2) is 8.78 Å². The van der Waals surface area contributed by atoms with E-state index in [1.807, 2.05) is 6.07 Å². The van der Waals surface area contributed by atoms with Gasteiger partial charge < -0.3 is 0 Å². The van der Waals surface area contributed by atoms with Gasteiger partial charge in [-0.15, -0.1) is 0 Å². The molecule has 0 unspecified atom stereocenters. The second-order valence-electron chi connectivity index (χ2n) is 4.29. The van der Waals surface area contributed by atoms with E-state index in [4.69, 9.17) is 0 Å². The van der Waals surface area contributed by atoms with E-state index in [9.17, 15) is 13.6 Å². The van der Waals surface area contributed by atoms with Crippen LogP contribution in [-0.2, 0) is 0 Å². The molecule has 0 heterocycles. The predicted molar refractivity (Wildman–Crippen MR) is 66.7 cm³/mol. The molecule has 0 spiro atoms. The molecule has 18 heavy (non-hydrogen) atoms. The molecule has 0 saturated carbocycles. The molecule has 2 rings (SSSR count). The van der Waals surface area contributed by atoms with Crippen LogP contribution in [0.4, 0.5) is 8.78 Å². The third-order valence-electron chi connectivity index (χ3n) is 2.85. The largest absolute Gasteiger partial charge is 0.298 e. The first-order valence-corrected chi connectivity index (χ1v) is 5.55. The van der Waals surface area contributed by atoms with Gasteiger partial charge in [0.15, 0.2) is 6.29 Å². The van der Waals surface area contributed by atoms with Crippen LogP contribution in [0.15, 0.2) is 30.3 Å². The molecular formula is C15H12F2O. The molecule has 2 aromatic carbocycles. The van der Waals surface area contributed by atoms with Gasteiger partial charge in [-0.2, -0.15) is 0 Å². The second kappa shape index (κ2) is 4.69. The van der Waals surface area contributed by atoms with E-state index in [0.717, 1.165) is 11.1 Å². The fraction of sp³-hybridized carbons (Fsp3) is 0.133. The molecule has 0 aliphatic rings. The quantitative estimate of drug-likeness (QED) is 0.730. The number of aldehydes is 1. The Bertz CT molecular complexity index is 595. The van der Waals surface area contributed by atoms with Crippen LogP contribution < -0.4 is 0 Å². The first-order chi connectivity index (χ1) is 8.52. The lowest BCUT2D eigenvalue weighted by atomic mass is 9.97. The van der Waals surface area contributed by atoms with Crippen molar-refractivity contribution in [2.75, 3.05) is 0 Å². The molecule has 0 aromatic heterocycles. The maximum atomic E-state index is 13.9. The Kier molecular flexibility index (Phi) is 3.24. The monoisotopic (exact) mass is 246 g/mol. The van der Waals surface area contributed by atoms with Gasteiger partial charge in [0.1, 0.15) is 11.6 Å². The number of halogens is 2. The van der Waals surface area contributed by atoms with Crippen LogP contribution in [-0.4, -0.2) is 6.29 Å². The normalized spacial score (nSPS) is 10.4. The summed E-state index contributed by atoms with van der Waals surface area (Å²) in [4.78, 5) is 10.5. The summed E-state index contributed by atoms with van der Waals surface area (Å²) in [7, 11) is 0. The van der Waals surface area contributed by atoms with Crippen LogP contribution in [0.25, 0.3) is 11.1 Å². The molecule has 0 fully saturated rings. The topological polar surface area (TPSA) is 17.1 Å². The number of aryl methyl sites for hydroxylation is 2. The molecule has 1 nitrogen and oxygen atoms in total. The molecule has 0 amide bonds. The number of benzene rings is 2. The van der Waals surface area contributed by atoms with Crippen LogP contribution in [0, 0.1) is 25.5 Å². The molecule has 0 aliphatic heterocycles. The summed E-state index contributed by atoms with van der Waals surface area (Å²) >= 11 is 0.